The zero-order chi connectivity index (χ0) is 12.4. The fourth-order valence-electron chi connectivity index (χ4n) is 1.54. The first kappa shape index (κ1) is 12.3. The lowest BCUT2D eigenvalue weighted by Gasteiger charge is -2.10. The van der Waals surface area contributed by atoms with Crippen LogP contribution in [0.25, 0.3) is 0 Å². The molecule has 88 valence electrons. The lowest BCUT2D eigenvalue weighted by molar-refractivity contribution is 0.103. The number of carbonyl (C=O) groups excluding carboxylic acids is 1. The molecule has 5 heteroatoms. The lowest BCUT2D eigenvalue weighted by atomic mass is 10.1. The van der Waals surface area contributed by atoms with Crippen molar-refractivity contribution in [2.45, 2.75) is 13.8 Å². The first-order chi connectivity index (χ1) is 8.08. The quantitative estimate of drug-likeness (QED) is 0.917. The van der Waals surface area contributed by atoms with Crippen LogP contribution >= 0.6 is 27.3 Å². The summed E-state index contributed by atoms with van der Waals surface area (Å²) in [7, 11) is 0. The maximum atomic E-state index is 12.0. The molecular weight excluding hydrogens is 300 g/mol. The molecule has 17 heavy (non-hydrogen) atoms. The highest BCUT2D eigenvalue weighted by Crippen LogP contribution is 2.23. The second-order valence-corrected chi connectivity index (χ2v) is 6.01. The number of anilines is 1. The first-order valence-electron chi connectivity index (χ1n) is 5.07. The topological polar surface area (TPSA) is 42.0 Å². The Kier molecular flexibility index (Phi) is 3.59. The van der Waals surface area contributed by atoms with Gasteiger partial charge in [0.05, 0.1) is 6.20 Å². The number of carbonyl (C=O) groups is 1. The van der Waals surface area contributed by atoms with Crippen LogP contribution < -0.4 is 5.32 Å². The van der Waals surface area contributed by atoms with Gasteiger partial charge in [0.15, 0.2) is 3.92 Å². The van der Waals surface area contributed by atoms with Crippen molar-refractivity contribution in [3.63, 3.8) is 0 Å². The van der Waals surface area contributed by atoms with E-state index in [1.807, 2.05) is 32.0 Å². The Morgan fingerprint density at radius 3 is 2.53 bits per heavy atom. The number of aromatic nitrogens is 1. The molecule has 0 aliphatic rings. The third-order valence-electron chi connectivity index (χ3n) is 2.42. The second kappa shape index (κ2) is 4.98. The monoisotopic (exact) mass is 310 g/mol. The summed E-state index contributed by atoms with van der Waals surface area (Å²) >= 11 is 4.56. The minimum Gasteiger partial charge on any atom is -0.321 e. The van der Waals surface area contributed by atoms with E-state index in [9.17, 15) is 4.79 Å². The molecule has 0 bridgehead atoms. The highest BCUT2D eigenvalue weighted by molar-refractivity contribution is 9.11. The normalized spacial score (nSPS) is 10.3. The number of aryl methyl sites for hydroxylation is 2. The van der Waals surface area contributed by atoms with E-state index in [1.165, 1.54) is 11.3 Å². The zero-order valence-electron chi connectivity index (χ0n) is 9.45. The zero-order valence-corrected chi connectivity index (χ0v) is 11.9. The molecule has 3 nitrogen and oxygen atoms in total. The molecule has 0 fully saturated rings. The number of rotatable bonds is 2. The van der Waals surface area contributed by atoms with Crippen LogP contribution in [0.3, 0.4) is 0 Å². The molecule has 0 unspecified atom stereocenters. The number of hydrogen-bond acceptors (Lipinski definition) is 3. The van der Waals surface area contributed by atoms with E-state index in [4.69, 9.17) is 0 Å². The van der Waals surface area contributed by atoms with Crippen LogP contribution in [0.15, 0.2) is 28.3 Å². The Hall–Kier alpha value is -1.20. The van der Waals surface area contributed by atoms with Crippen molar-refractivity contribution >= 4 is 38.9 Å². The predicted octanol–water partition coefficient (Wildman–Crippen LogP) is 3.77. The summed E-state index contributed by atoms with van der Waals surface area (Å²) in [5, 5.41) is 2.92. The molecule has 2 aromatic rings. The van der Waals surface area contributed by atoms with Crippen LogP contribution in [0.5, 0.6) is 0 Å². The van der Waals surface area contributed by atoms with E-state index in [-0.39, 0.29) is 5.91 Å². The molecule has 0 aliphatic carbocycles. The van der Waals surface area contributed by atoms with Gasteiger partial charge in [0.2, 0.25) is 0 Å². The Balaban J connectivity index is 2.24. The average molecular weight is 311 g/mol. The fourth-order valence-corrected chi connectivity index (χ4v) is 2.71. The molecule has 2 rings (SSSR count). The largest absolute Gasteiger partial charge is 0.321 e. The standard InChI is InChI=1S/C12H11BrN2OS/c1-7-4-3-5-8(2)10(7)15-11(16)9-6-14-12(13)17-9/h3-6H,1-2H3,(H,15,16). The first-order valence-corrected chi connectivity index (χ1v) is 6.68. The van der Waals surface area contributed by atoms with E-state index >= 15 is 0 Å². The van der Waals surface area contributed by atoms with Crippen molar-refractivity contribution in [1.82, 2.24) is 4.98 Å². The molecule has 1 heterocycles. The van der Waals surface area contributed by atoms with Crippen molar-refractivity contribution in [3.05, 3.63) is 44.3 Å². The van der Waals surface area contributed by atoms with Gasteiger partial charge in [0.25, 0.3) is 5.91 Å². The summed E-state index contributed by atoms with van der Waals surface area (Å²) in [5.74, 6) is -0.120. The van der Waals surface area contributed by atoms with E-state index in [1.54, 1.807) is 6.20 Å². The minimum atomic E-state index is -0.120. The van der Waals surface area contributed by atoms with Gasteiger partial charge in [-0.25, -0.2) is 4.98 Å². The maximum Gasteiger partial charge on any atom is 0.267 e. The highest BCUT2D eigenvalue weighted by atomic mass is 79.9. The number of halogens is 1. The molecule has 1 aromatic heterocycles. The van der Waals surface area contributed by atoms with Crippen molar-refractivity contribution < 1.29 is 4.79 Å². The highest BCUT2D eigenvalue weighted by Gasteiger charge is 2.12. The summed E-state index contributed by atoms with van der Waals surface area (Å²) in [6.07, 6.45) is 1.57. The van der Waals surface area contributed by atoms with Gasteiger partial charge in [-0.15, -0.1) is 11.3 Å². The van der Waals surface area contributed by atoms with Gasteiger partial charge in [-0.1, -0.05) is 18.2 Å². The molecule has 0 atom stereocenters. The Morgan fingerprint density at radius 1 is 1.35 bits per heavy atom. The van der Waals surface area contributed by atoms with E-state index in [0.717, 1.165) is 16.8 Å². The van der Waals surface area contributed by atoms with Crippen molar-refractivity contribution in [3.8, 4) is 0 Å². The van der Waals surface area contributed by atoms with Gasteiger partial charge in [-0.3, -0.25) is 4.79 Å². The van der Waals surface area contributed by atoms with Crippen LogP contribution in [0.2, 0.25) is 0 Å². The van der Waals surface area contributed by atoms with E-state index in [2.05, 4.69) is 26.2 Å². The lowest BCUT2D eigenvalue weighted by Crippen LogP contribution is -2.12. The van der Waals surface area contributed by atoms with Crippen molar-refractivity contribution in [2.24, 2.45) is 0 Å². The third-order valence-corrected chi connectivity index (χ3v) is 3.90. The number of para-hydroxylation sites is 1. The summed E-state index contributed by atoms with van der Waals surface area (Å²) in [6.45, 7) is 3.95. The Labute approximate surface area is 112 Å². The second-order valence-electron chi connectivity index (χ2n) is 3.70. The number of nitrogens with one attached hydrogen (secondary N) is 1. The summed E-state index contributed by atoms with van der Waals surface area (Å²) in [5.41, 5.74) is 2.99. The molecule has 0 spiro atoms. The fraction of sp³-hybridized carbons (Fsp3) is 0.167. The maximum absolute atomic E-state index is 12.0. The predicted molar refractivity (Wildman–Crippen MR) is 73.7 cm³/mol. The molecule has 0 aliphatic heterocycles. The van der Waals surface area contributed by atoms with Gasteiger partial charge >= 0.3 is 0 Å². The van der Waals surface area contributed by atoms with Gasteiger partial charge in [0, 0.05) is 5.69 Å². The number of amides is 1. The minimum absolute atomic E-state index is 0.120. The SMILES string of the molecule is Cc1cccc(C)c1NC(=O)c1cnc(Br)s1. The smallest absolute Gasteiger partial charge is 0.267 e. The van der Waals surface area contributed by atoms with Crippen LogP contribution in [-0.2, 0) is 0 Å². The Morgan fingerprint density at radius 2 is 2.00 bits per heavy atom. The summed E-state index contributed by atoms with van der Waals surface area (Å²) in [6, 6.07) is 5.93. The molecule has 0 saturated heterocycles. The van der Waals surface area contributed by atoms with Gasteiger partial charge in [-0.2, -0.15) is 0 Å². The van der Waals surface area contributed by atoms with Crippen LogP contribution in [0.4, 0.5) is 5.69 Å². The van der Waals surface area contributed by atoms with Gasteiger partial charge < -0.3 is 5.32 Å². The molecule has 1 amide bonds. The number of benzene rings is 1. The van der Waals surface area contributed by atoms with Crippen molar-refractivity contribution in [1.29, 1.82) is 0 Å². The van der Waals surface area contributed by atoms with E-state index in [0.29, 0.717) is 8.79 Å². The van der Waals surface area contributed by atoms with Crippen LogP contribution in [0, 0.1) is 13.8 Å². The van der Waals surface area contributed by atoms with E-state index < -0.39 is 0 Å². The molecule has 0 saturated carbocycles. The molecule has 1 aromatic carbocycles. The van der Waals surface area contributed by atoms with Gasteiger partial charge in [0.1, 0.15) is 4.88 Å². The van der Waals surface area contributed by atoms with Crippen molar-refractivity contribution in [2.75, 3.05) is 5.32 Å². The summed E-state index contributed by atoms with van der Waals surface area (Å²) in [4.78, 5) is 16.6. The van der Waals surface area contributed by atoms with Crippen LogP contribution in [-0.4, -0.2) is 10.9 Å². The molecule has 0 radical (unpaired) electrons. The number of hydrogen-bond donors (Lipinski definition) is 1. The molecule has 1 N–H and O–H groups in total. The summed E-state index contributed by atoms with van der Waals surface area (Å²) < 4.78 is 0.712. The molecular formula is C12H11BrN2OS. The number of nitrogens with zero attached hydrogens (tertiary/aromatic N) is 1. The number of thiazole rings is 1. The van der Waals surface area contributed by atoms with Gasteiger partial charge in [-0.05, 0) is 40.9 Å². The third kappa shape index (κ3) is 2.73. The Bertz CT molecular complexity index is 545. The van der Waals surface area contributed by atoms with Crippen LogP contribution in [0.1, 0.15) is 20.8 Å². The average Bonchev–Trinajstić information content (AvgIpc) is 2.70.